The highest BCUT2D eigenvalue weighted by Crippen LogP contribution is 2.30. The summed E-state index contributed by atoms with van der Waals surface area (Å²) in [4.78, 5) is 6.15. The highest BCUT2D eigenvalue weighted by molar-refractivity contribution is 5.39. The number of likely N-dealkylation sites (tertiary alicyclic amines) is 1. The quantitative estimate of drug-likeness (QED) is 0.885. The summed E-state index contributed by atoms with van der Waals surface area (Å²) in [5.74, 6) is 0.305. The molecule has 0 bridgehead atoms. The minimum absolute atomic E-state index is 0.206. The van der Waals surface area contributed by atoms with E-state index in [1.807, 2.05) is 7.05 Å². The largest absolute Gasteiger partial charge is 0.416 e. The molecule has 0 unspecified atom stereocenters. The number of piperidine rings is 1. The van der Waals surface area contributed by atoms with E-state index in [1.165, 1.54) is 6.20 Å². The van der Waals surface area contributed by atoms with Crippen LogP contribution in [0.2, 0.25) is 0 Å². The summed E-state index contributed by atoms with van der Waals surface area (Å²) in [5, 5.41) is 3.08. The minimum Gasteiger partial charge on any atom is -0.367 e. The fourth-order valence-electron chi connectivity index (χ4n) is 2.05. The molecule has 1 saturated heterocycles. The van der Waals surface area contributed by atoms with Crippen LogP contribution in [0.1, 0.15) is 18.4 Å². The lowest BCUT2D eigenvalue weighted by molar-refractivity contribution is -0.137. The first-order valence-corrected chi connectivity index (χ1v) is 5.93. The lowest BCUT2D eigenvalue weighted by atomic mass is 10.1. The van der Waals surface area contributed by atoms with E-state index in [-0.39, 0.29) is 6.04 Å². The van der Waals surface area contributed by atoms with Crippen LogP contribution >= 0.6 is 0 Å². The van der Waals surface area contributed by atoms with Crippen LogP contribution in [0, 0.1) is 0 Å². The van der Waals surface area contributed by atoms with Gasteiger partial charge in [-0.1, -0.05) is 0 Å². The zero-order valence-electron chi connectivity index (χ0n) is 10.2. The number of anilines is 1. The van der Waals surface area contributed by atoms with E-state index in [1.54, 1.807) is 0 Å². The standard InChI is InChI=1S/C12H16F3N3/c1-18-6-3-10(4-7-18)17-11-8-9(2-5-16-11)12(13,14)15/h2,5,8,10H,3-4,6-7H2,1H3,(H,16,17). The van der Waals surface area contributed by atoms with Gasteiger partial charge in [-0.2, -0.15) is 13.2 Å². The maximum Gasteiger partial charge on any atom is 0.416 e. The number of pyridine rings is 1. The van der Waals surface area contributed by atoms with E-state index in [4.69, 9.17) is 0 Å². The SMILES string of the molecule is CN1CCC(Nc2cc(C(F)(F)F)ccn2)CC1. The van der Waals surface area contributed by atoms with Crippen LogP contribution in [0.25, 0.3) is 0 Å². The fraction of sp³-hybridized carbons (Fsp3) is 0.583. The predicted molar refractivity (Wildman–Crippen MR) is 63.4 cm³/mol. The molecular formula is C12H16F3N3. The average molecular weight is 259 g/mol. The second-order valence-electron chi connectivity index (χ2n) is 4.65. The Bertz CT molecular complexity index is 398. The molecule has 0 amide bonds. The lowest BCUT2D eigenvalue weighted by Gasteiger charge is -2.29. The zero-order valence-corrected chi connectivity index (χ0v) is 10.2. The van der Waals surface area contributed by atoms with Gasteiger partial charge in [0.25, 0.3) is 0 Å². The molecule has 2 rings (SSSR count). The molecule has 1 aromatic heterocycles. The fourth-order valence-corrected chi connectivity index (χ4v) is 2.05. The van der Waals surface area contributed by atoms with Crippen LogP contribution in [0.15, 0.2) is 18.3 Å². The van der Waals surface area contributed by atoms with E-state index in [2.05, 4.69) is 15.2 Å². The Balaban J connectivity index is 2.01. The van der Waals surface area contributed by atoms with Gasteiger partial charge < -0.3 is 10.2 Å². The van der Waals surface area contributed by atoms with E-state index >= 15 is 0 Å². The number of alkyl halides is 3. The summed E-state index contributed by atoms with van der Waals surface area (Å²) < 4.78 is 37.6. The van der Waals surface area contributed by atoms with E-state index in [0.717, 1.165) is 38.1 Å². The number of nitrogens with one attached hydrogen (secondary N) is 1. The Hall–Kier alpha value is -1.30. The van der Waals surface area contributed by atoms with Crippen molar-refractivity contribution in [2.75, 3.05) is 25.5 Å². The van der Waals surface area contributed by atoms with Crippen molar-refractivity contribution in [1.82, 2.24) is 9.88 Å². The number of hydrogen-bond donors (Lipinski definition) is 1. The molecule has 3 nitrogen and oxygen atoms in total. The normalized spacial score (nSPS) is 18.9. The molecule has 0 spiro atoms. The Morgan fingerprint density at radius 1 is 1.33 bits per heavy atom. The molecule has 0 radical (unpaired) electrons. The van der Waals surface area contributed by atoms with Crippen molar-refractivity contribution >= 4 is 5.82 Å². The molecular weight excluding hydrogens is 243 g/mol. The number of aromatic nitrogens is 1. The number of hydrogen-bond acceptors (Lipinski definition) is 3. The van der Waals surface area contributed by atoms with Crippen molar-refractivity contribution in [3.8, 4) is 0 Å². The van der Waals surface area contributed by atoms with Crippen LogP contribution in [-0.4, -0.2) is 36.1 Å². The Labute approximate surface area is 104 Å². The highest BCUT2D eigenvalue weighted by atomic mass is 19.4. The highest BCUT2D eigenvalue weighted by Gasteiger charge is 2.31. The summed E-state index contributed by atoms with van der Waals surface area (Å²) in [5.41, 5.74) is -0.659. The molecule has 1 aromatic rings. The van der Waals surface area contributed by atoms with Crippen LogP contribution in [-0.2, 0) is 6.18 Å². The molecule has 6 heteroatoms. The van der Waals surface area contributed by atoms with Crippen molar-refractivity contribution in [2.24, 2.45) is 0 Å². The monoisotopic (exact) mass is 259 g/mol. The molecule has 0 atom stereocenters. The van der Waals surface area contributed by atoms with Gasteiger partial charge in [-0.15, -0.1) is 0 Å². The lowest BCUT2D eigenvalue weighted by Crippen LogP contribution is -2.36. The molecule has 1 aliphatic rings. The molecule has 0 aliphatic carbocycles. The van der Waals surface area contributed by atoms with Gasteiger partial charge in [0.05, 0.1) is 5.56 Å². The Morgan fingerprint density at radius 3 is 2.61 bits per heavy atom. The smallest absolute Gasteiger partial charge is 0.367 e. The van der Waals surface area contributed by atoms with Crippen LogP contribution in [0.5, 0.6) is 0 Å². The van der Waals surface area contributed by atoms with Crippen LogP contribution in [0.4, 0.5) is 19.0 Å². The van der Waals surface area contributed by atoms with Gasteiger partial charge in [0.15, 0.2) is 0 Å². The first kappa shape index (κ1) is 13.1. The first-order valence-electron chi connectivity index (χ1n) is 5.93. The predicted octanol–water partition coefficient (Wildman–Crippen LogP) is 2.61. The van der Waals surface area contributed by atoms with Crippen LogP contribution < -0.4 is 5.32 Å². The van der Waals surface area contributed by atoms with E-state index in [9.17, 15) is 13.2 Å². The summed E-state index contributed by atoms with van der Waals surface area (Å²) in [6.07, 6.45) is -1.27. The maximum absolute atomic E-state index is 12.5. The number of halogens is 3. The third kappa shape index (κ3) is 3.35. The average Bonchev–Trinajstić information content (AvgIpc) is 2.31. The van der Waals surface area contributed by atoms with Crippen molar-refractivity contribution < 1.29 is 13.2 Å². The van der Waals surface area contributed by atoms with Gasteiger partial charge in [0.1, 0.15) is 5.82 Å². The van der Waals surface area contributed by atoms with Crippen LogP contribution in [0.3, 0.4) is 0 Å². The molecule has 1 aliphatic heterocycles. The molecule has 100 valence electrons. The van der Waals surface area contributed by atoms with Gasteiger partial charge in [0, 0.05) is 12.2 Å². The van der Waals surface area contributed by atoms with Crippen molar-refractivity contribution in [2.45, 2.75) is 25.1 Å². The second kappa shape index (κ2) is 5.14. The van der Waals surface area contributed by atoms with Gasteiger partial charge >= 0.3 is 6.18 Å². The minimum atomic E-state index is -4.31. The third-order valence-corrected chi connectivity index (χ3v) is 3.16. The van der Waals surface area contributed by atoms with Crippen molar-refractivity contribution in [1.29, 1.82) is 0 Å². The van der Waals surface area contributed by atoms with Gasteiger partial charge in [-0.05, 0) is 45.1 Å². The molecule has 0 saturated carbocycles. The topological polar surface area (TPSA) is 28.2 Å². The molecule has 2 heterocycles. The summed E-state index contributed by atoms with van der Waals surface area (Å²) >= 11 is 0. The van der Waals surface area contributed by atoms with E-state index in [0.29, 0.717) is 5.82 Å². The zero-order chi connectivity index (χ0) is 13.2. The number of nitrogens with zero attached hydrogens (tertiary/aromatic N) is 2. The Kier molecular flexibility index (Phi) is 3.75. The maximum atomic E-state index is 12.5. The van der Waals surface area contributed by atoms with Gasteiger partial charge in [-0.3, -0.25) is 0 Å². The number of rotatable bonds is 2. The van der Waals surface area contributed by atoms with Gasteiger partial charge in [0.2, 0.25) is 0 Å². The molecule has 18 heavy (non-hydrogen) atoms. The van der Waals surface area contributed by atoms with Gasteiger partial charge in [-0.25, -0.2) is 4.98 Å². The summed E-state index contributed by atoms with van der Waals surface area (Å²) in [6, 6.07) is 2.26. The van der Waals surface area contributed by atoms with Crippen molar-refractivity contribution in [3.63, 3.8) is 0 Å². The molecule has 1 fully saturated rings. The van der Waals surface area contributed by atoms with E-state index < -0.39 is 11.7 Å². The Morgan fingerprint density at radius 2 is 2.00 bits per heavy atom. The second-order valence-corrected chi connectivity index (χ2v) is 4.65. The summed E-state index contributed by atoms with van der Waals surface area (Å²) in [7, 11) is 2.04. The van der Waals surface area contributed by atoms with Crippen molar-refractivity contribution in [3.05, 3.63) is 23.9 Å². The molecule has 1 N–H and O–H groups in total. The summed E-state index contributed by atoms with van der Waals surface area (Å²) in [6.45, 7) is 1.91. The third-order valence-electron chi connectivity index (χ3n) is 3.16. The molecule has 0 aromatic carbocycles. The first-order chi connectivity index (χ1) is 8.45.